The van der Waals surface area contributed by atoms with E-state index < -0.39 is 0 Å². The molecule has 2 aliphatic rings. The summed E-state index contributed by atoms with van der Waals surface area (Å²) in [5.74, 6) is -0.272. The highest BCUT2D eigenvalue weighted by Crippen LogP contribution is 2.27. The summed E-state index contributed by atoms with van der Waals surface area (Å²) in [4.78, 5) is 48.6. The summed E-state index contributed by atoms with van der Waals surface area (Å²) in [5.41, 5.74) is 3.63. The molecule has 1 aromatic heterocycles. The number of fused-ring (bicyclic) bond motifs is 2. The van der Waals surface area contributed by atoms with E-state index in [4.69, 9.17) is 0 Å². The molecule has 4 amide bonds. The fraction of sp³-hybridized carbons (Fsp3) is 0.333. The molecule has 0 aliphatic carbocycles. The van der Waals surface area contributed by atoms with Crippen LogP contribution in [0, 0.1) is 0 Å². The number of imidazole rings is 1. The maximum atomic E-state index is 12.8. The van der Waals surface area contributed by atoms with E-state index in [9.17, 15) is 19.5 Å². The van der Waals surface area contributed by atoms with Crippen molar-refractivity contribution in [3.8, 4) is 5.75 Å². The number of aromatic nitrogens is 2. The number of anilines is 1. The van der Waals surface area contributed by atoms with E-state index in [0.29, 0.717) is 44.5 Å². The van der Waals surface area contributed by atoms with Gasteiger partial charge < -0.3 is 30.5 Å². The molecular weight excluding hydrogens is 436 g/mol. The molecule has 0 bridgehead atoms. The summed E-state index contributed by atoms with van der Waals surface area (Å²) in [6.45, 7) is 1.53. The second-order valence-electron chi connectivity index (χ2n) is 8.64. The Morgan fingerprint density at radius 1 is 1.12 bits per heavy atom. The Kier molecular flexibility index (Phi) is 5.79. The maximum absolute atomic E-state index is 12.8. The molecule has 1 saturated heterocycles. The Balaban J connectivity index is 1.12. The van der Waals surface area contributed by atoms with Crippen molar-refractivity contribution in [3.63, 3.8) is 0 Å². The number of benzene rings is 2. The number of nitrogens with zero attached hydrogens (tertiary/aromatic N) is 3. The van der Waals surface area contributed by atoms with Crippen LogP contribution in [-0.2, 0) is 11.2 Å². The molecule has 3 heterocycles. The summed E-state index contributed by atoms with van der Waals surface area (Å²) in [6, 6.07) is 9.98. The number of likely N-dealkylation sites (tertiary alicyclic amines) is 1. The molecule has 0 atom stereocenters. The van der Waals surface area contributed by atoms with Crippen LogP contribution in [0.1, 0.15) is 28.8 Å². The van der Waals surface area contributed by atoms with Crippen LogP contribution in [0.5, 0.6) is 5.75 Å². The van der Waals surface area contributed by atoms with Gasteiger partial charge in [-0.25, -0.2) is 9.78 Å². The molecule has 10 heteroatoms. The fourth-order valence-electron chi connectivity index (χ4n) is 4.66. The molecule has 0 unspecified atom stereocenters. The van der Waals surface area contributed by atoms with Crippen molar-refractivity contribution in [1.82, 2.24) is 25.1 Å². The molecule has 10 nitrogen and oxygen atoms in total. The van der Waals surface area contributed by atoms with Gasteiger partial charge in [0, 0.05) is 36.9 Å². The number of phenolic OH excluding ortho intramolecular Hbond substituents is 1. The van der Waals surface area contributed by atoms with Gasteiger partial charge in [-0.05, 0) is 61.2 Å². The van der Waals surface area contributed by atoms with Gasteiger partial charge in [0.15, 0.2) is 0 Å². The van der Waals surface area contributed by atoms with Crippen molar-refractivity contribution >= 4 is 34.6 Å². The lowest BCUT2D eigenvalue weighted by Crippen LogP contribution is -2.51. The molecule has 1 fully saturated rings. The van der Waals surface area contributed by atoms with Gasteiger partial charge in [0.25, 0.3) is 5.91 Å². The van der Waals surface area contributed by atoms with Crippen LogP contribution in [0.3, 0.4) is 0 Å². The van der Waals surface area contributed by atoms with Gasteiger partial charge in [-0.1, -0.05) is 0 Å². The first-order chi connectivity index (χ1) is 16.5. The van der Waals surface area contributed by atoms with E-state index in [-0.39, 0.29) is 36.2 Å². The first-order valence-corrected chi connectivity index (χ1v) is 11.4. The summed E-state index contributed by atoms with van der Waals surface area (Å²) in [7, 11) is 0. The van der Waals surface area contributed by atoms with E-state index in [1.165, 1.54) is 0 Å². The van der Waals surface area contributed by atoms with Crippen molar-refractivity contribution < 1.29 is 19.5 Å². The minimum atomic E-state index is -0.313. The first kappa shape index (κ1) is 21.7. The zero-order chi connectivity index (χ0) is 23.7. The number of aromatic amines is 1. The lowest BCUT2D eigenvalue weighted by atomic mass is 10.0. The minimum Gasteiger partial charge on any atom is -0.508 e. The summed E-state index contributed by atoms with van der Waals surface area (Å²) in [5, 5.41) is 15.4. The van der Waals surface area contributed by atoms with Crippen molar-refractivity contribution in [3.05, 3.63) is 53.9 Å². The number of piperidine rings is 1. The molecule has 4 N–H and O–H groups in total. The SMILES string of the molecule is O=C(NCC(=O)N1CCC(N2CCc3cc(O)ccc3NC2=O)CC1)c1ccc2nc[nH]c2c1. The topological polar surface area (TPSA) is 131 Å². The van der Waals surface area contributed by atoms with Gasteiger partial charge in [0.1, 0.15) is 5.75 Å². The number of rotatable bonds is 4. The molecule has 0 radical (unpaired) electrons. The van der Waals surface area contributed by atoms with E-state index in [1.807, 2.05) is 4.90 Å². The van der Waals surface area contributed by atoms with Gasteiger partial charge in [-0.15, -0.1) is 0 Å². The summed E-state index contributed by atoms with van der Waals surface area (Å²) < 4.78 is 0. The van der Waals surface area contributed by atoms with Gasteiger partial charge >= 0.3 is 6.03 Å². The van der Waals surface area contributed by atoms with Gasteiger partial charge in [0.2, 0.25) is 5.91 Å². The smallest absolute Gasteiger partial charge is 0.322 e. The highest BCUT2D eigenvalue weighted by molar-refractivity contribution is 5.99. The second-order valence-corrected chi connectivity index (χ2v) is 8.64. The number of nitrogens with one attached hydrogen (secondary N) is 3. The second kappa shape index (κ2) is 9.05. The van der Waals surface area contributed by atoms with E-state index in [0.717, 1.165) is 22.3 Å². The number of hydrogen-bond acceptors (Lipinski definition) is 5. The predicted molar refractivity (Wildman–Crippen MR) is 126 cm³/mol. The number of urea groups is 1. The number of carbonyl (C=O) groups is 3. The molecule has 34 heavy (non-hydrogen) atoms. The lowest BCUT2D eigenvalue weighted by Gasteiger charge is -2.38. The quantitative estimate of drug-likeness (QED) is 0.441. The van der Waals surface area contributed by atoms with Crippen molar-refractivity contribution in [2.45, 2.75) is 25.3 Å². The molecule has 3 aromatic rings. The number of hydrogen-bond donors (Lipinski definition) is 4. The average molecular weight is 463 g/mol. The van der Waals surface area contributed by atoms with E-state index in [1.54, 1.807) is 47.6 Å². The molecule has 0 spiro atoms. The Morgan fingerprint density at radius 3 is 2.76 bits per heavy atom. The molecule has 2 aromatic carbocycles. The zero-order valence-corrected chi connectivity index (χ0v) is 18.6. The van der Waals surface area contributed by atoms with Crippen LogP contribution in [-0.4, -0.2) is 74.9 Å². The van der Waals surface area contributed by atoms with Crippen LogP contribution >= 0.6 is 0 Å². The average Bonchev–Trinajstić information content (AvgIpc) is 3.25. The monoisotopic (exact) mass is 462 g/mol. The van der Waals surface area contributed by atoms with Crippen LogP contribution in [0.2, 0.25) is 0 Å². The zero-order valence-electron chi connectivity index (χ0n) is 18.6. The number of amides is 4. The van der Waals surface area contributed by atoms with Crippen LogP contribution < -0.4 is 10.6 Å². The van der Waals surface area contributed by atoms with Crippen LogP contribution in [0.25, 0.3) is 11.0 Å². The number of phenols is 1. The van der Waals surface area contributed by atoms with Crippen molar-refractivity contribution in [2.24, 2.45) is 0 Å². The summed E-state index contributed by atoms with van der Waals surface area (Å²) in [6.07, 6.45) is 3.56. The Morgan fingerprint density at radius 2 is 1.94 bits per heavy atom. The highest BCUT2D eigenvalue weighted by Gasteiger charge is 2.31. The minimum absolute atomic E-state index is 0.0303. The highest BCUT2D eigenvalue weighted by atomic mass is 16.3. The number of H-pyrrole nitrogens is 1. The summed E-state index contributed by atoms with van der Waals surface area (Å²) >= 11 is 0. The van der Waals surface area contributed by atoms with E-state index >= 15 is 0 Å². The molecule has 176 valence electrons. The predicted octanol–water partition coefficient (Wildman–Crippen LogP) is 2.08. The first-order valence-electron chi connectivity index (χ1n) is 11.4. The fourth-order valence-corrected chi connectivity index (χ4v) is 4.66. The maximum Gasteiger partial charge on any atom is 0.322 e. The molecule has 0 saturated carbocycles. The number of aromatic hydroxyl groups is 1. The van der Waals surface area contributed by atoms with Gasteiger partial charge in [0.05, 0.1) is 23.9 Å². The third-order valence-electron chi connectivity index (χ3n) is 6.55. The number of carbonyl (C=O) groups excluding carboxylic acids is 3. The normalized spacial score (nSPS) is 16.6. The van der Waals surface area contributed by atoms with Crippen molar-refractivity contribution in [2.75, 3.05) is 31.5 Å². The van der Waals surface area contributed by atoms with E-state index in [2.05, 4.69) is 20.6 Å². The van der Waals surface area contributed by atoms with Gasteiger partial charge in [-0.2, -0.15) is 0 Å². The lowest BCUT2D eigenvalue weighted by molar-refractivity contribution is -0.131. The third kappa shape index (κ3) is 4.39. The molecular formula is C24H26N6O4. The van der Waals surface area contributed by atoms with Gasteiger partial charge in [-0.3, -0.25) is 9.59 Å². The third-order valence-corrected chi connectivity index (χ3v) is 6.55. The molecule has 5 rings (SSSR count). The Labute approximate surface area is 195 Å². The van der Waals surface area contributed by atoms with Crippen LogP contribution in [0.4, 0.5) is 10.5 Å². The Hall–Kier alpha value is -4.08. The van der Waals surface area contributed by atoms with Crippen molar-refractivity contribution in [1.29, 1.82) is 0 Å². The Bertz CT molecular complexity index is 1250. The standard InChI is InChI=1S/C24H26N6O4/c31-18-2-4-19-15(11-18)5-10-30(24(34)28-19)17-6-8-29(9-7-17)22(32)13-25-23(33)16-1-3-20-21(12-16)27-14-26-20/h1-4,11-12,14,17,31H,5-10,13H2,(H,25,33)(H,26,27)(H,28,34). The molecule has 2 aliphatic heterocycles. The largest absolute Gasteiger partial charge is 0.508 e. The van der Waals surface area contributed by atoms with Crippen LogP contribution in [0.15, 0.2) is 42.7 Å².